The van der Waals surface area contributed by atoms with Gasteiger partial charge < -0.3 is 10.1 Å². The van der Waals surface area contributed by atoms with Gasteiger partial charge in [0.25, 0.3) is 5.91 Å². The van der Waals surface area contributed by atoms with Crippen molar-refractivity contribution in [1.82, 2.24) is 5.32 Å². The van der Waals surface area contributed by atoms with Gasteiger partial charge in [0.15, 0.2) is 0 Å². The molecule has 0 radical (unpaired) electrons. The van der Waals surface area contributed by atoms with E-state index in [1.807, 2.05) is 36.4 Å². The Morgan fingerprint density at radius 1 is 1.18 bits per heavy atom. The van der Waals surface area contributed by atoms with Crippen LogP contribution in [0.3, 0.4) is 0 Å². The summed E-state index contributed by atoms with van der Waals surface area (Å²) in [4.78, 5) is 12.5. The molecule has 1 N–H and O–H groups in total. The van der Waals surface area contributed by atoms with Crippen molar-refractivity contribution < 1.29 is 9.53 Å². The quantitative estimate of drug-likeness (QED) is 0.792. The molecule has 0 saturated heterocycles. The summed E-state index contributed by atoms with van der Waals surface area (Å²) in [7, 11) is 1.57. The highest BCUT2D eigenvalue weighted by Gasteiger charge is 2.16. The van der Waals surface area contributed by atoms with Gasteiger partial charge in [-0.3, -0.25) is 4.79 Å². The van der Waals surface area contributed by atoms with Gasteiger partial charge in [0.05, 0.1) is 12.7 Å². The SMILES string of the molecule is C=CC[C@@H](Cc1ccccc1)NC(=O)c1ccccc1OC. The number of benzene rings is 2. The number of hydrogen-bond donors (Lipinski definition) is 1. The Morgan fingerprint density at radius 3 is 2.55 bits per heavy atom. The fourth-order valence-electron chi connectivity index (χ4n) is 2.39. The van der Waals surface area contributed by atoms with Gasteiger partial charge in [-0.2, -0.15) is 0 Å². The van der Waals surface area contributed by atoms with Crippen LogP contribution in [-0.2, 0) is 6.42 Å². The molecule has 0 fully saturated rings. The van der Waals surface area contributed by atoms with E-state index in [2.05, 4.69) is 24.0 Å². The van der Waals surface area contributed by atoms with Crippen LogP contribution >= 0.6 is 0 Å². The second-order valence-electron chi connectivity index (χ2n) is 5.08. The number of carbonyl (C=O) groups is 1. The van der Waals surface area contributed by atoms with Crippen LogP contribution in [0.2, 0.25) is 0 Å². The second kappa shape index (κ2) is 8.03. The third-order valence-corrected chi connectivity index (χ3v) is 3.46. The normalized spacial score (nSPS) is 11.5. The van der Waals surface area contributed by atoms with Crippen LogP contribution in [0.25, 0.3) is 0 Å². The fourth-order valence-corrected chi connectivity index (χ4v) is 2.39. The Morgan fingerprint density at radius 2 is 1.86 bits per heavy atom. The van der Waals surface area contributed by atoms with Crippen LogP contribution in [0, 0.1) is 0 Å². The van der Waals surface area contributed by atoms with Gasteiger partial charge in [-0.15, -0.1) is 6.58 Å². The molecule has 2 aromatic rings. The van der Waals surface area contributed by atoms with E-state index < -0.39 is 0 Å². The van der Waals surface area contributed by atoms with E-state index in [0.29, 0.717) is 11.3 Å². The van der Waals surface area contributed by atoms with E-state index in [9.17, 15) is 4.79 Å². The van der Waals surface area contributed by atoms with Crippen LogP contribution in [0.5, 0.6) is 5.75 Å². The molecule has 0 heterocycles. The lowest BCUT2D eigenvalue weighted by Gasteiger charge is -2.18. The van der Waals surface area contributed by atoms with Crippen molar-refractivity contribution in [3.05, 3.63) is 78.4 Å². The van der Waals surface area contributed by atoms with E-state index >= 15 is 0 Å². The number of amides is 1. The first-order chi connectivity index (χ1) is 10.7. The minimum absolute atomic E-state index is 0.0114. The van der Waals surface area contributed by atoms with E-state index in [1.165, 1.54) is 5.56 Å². The lowest BCUT2D eigenvalue weighted by Crippen LogP contribution is -2.36. The Kier molecular flexibility index (Phi) is 5.78. The molecule has 0 bridgehead atoms. The van der Waals surface area contributed by atoms with Crippen LogP contribution in [0.4, 0.5) is 0 Å². The summed E-state index contributed by atoms with van der Waals surface area (Å²) in [6, 6.07) is 17.4. The molecule has 2 rings (SSSR count). The third kappa shape index (κ3) is 4.22. The predicted octanol–water partition coefficient (Wildman–Crippen LogP) is 3.61. The molecule has 3 nitrogen and oxygen atoms in total. The number of rotatable bonds is 7. The second-order valence-corrected chi connectivity index (χ2v) is 5.08. The van der Waals surface area contributed by atoms with Crippen molar-refractivity contribution in [2.75, 3.05) is 7.11 Å². The maximum absolute atomic E-state index is 12.5. The summed E-state index contributed by atoms with van der Waals surface area (Å²) >= 11 is 0. The number of para-hydroxylation sites is 1. The molecule has 2 aromatic carbocycles. The smallest absolute Gasteiger partial charge is 0.255 e. The Hall–Kier alpha value is -2.55. The van der Waals surface area contributed by atoms with Crippen LogP contribution in [0.15, 0.2) is 67.3 Å². The minimum Gasteiger partial charge on any atom is -0.496 e. The third-order valence-electron chi connectivity index (χ3n) is 3.46. The van der Waals surface area contributed by atoms with Gasteiger partial charge in [-0.1, -0.05) is 48.5 Å². The maximum Gasteiger partial charge on any atom is 0.255 e. The summed E-state index contributed by atoms with van der Waals surface area (Å²) < 4.78 is 5.25. The molecule has 0 aliphatic heterocycles. The lowest BCUT2D eigenvalue weighted by molar-refractivity contribution is 0.0934. The van der Waals surface area contributed by atoms with Crippen LogP contribution in [0.1, 0.15) is 22.3 Å². The zero-order valence-corrected chi connectivity index (χ0v) is 12.8. The zero-order valence-electron chi connectivity index (χ0n) is 12.8. The Balaban J connectivity index is 2.10. The summed E-state index contributed by atoms with van der Waals surface area (Å²) in [5.74, 6) is 0.456. The molecular formula is C19H21NO2. The molecule has 3 heteroatoms. The molecule has 114 valence electrons. The lowest BCUT2D eigenvalue weighted by atomic mass is 10.0. The predicted molar refractivity (Wildman–Crippen MR) is 89.2 cm³/mol. The summed E-state index contributed by atoms with van der Waals surface area (Å²) in [6.07, 6.45) is 3.32. The van der Waals surface area contributed by atoms with Gasteiger partial charge in [0.1, 0.15) is 5.75 Å². The number of carbonyl (C=O) groups excluding carboxylic acids is 1. The van der Waals surface area contributed by atoms with Gasteiger partial charge in [0.2, 0.25) is 0 Å². The van der Waals surface area contributed by atoms with Crippen molar-refractivity contribution >= 4 is 5.91 Å². The number of methoxy groups -OCH3 is 1. The standard InChI is InChI=1S/C19H21NO2/c1-3-9-16(14-15-10-5-4-6-11-15)20-19(21)17-12-7-8-13-18(17)22-2/h3-8,10-13,16H,1,9,14H2,2H3,(H,20,21)/t16-/m0/s1. The Labute approximate surface area is 131 Å². The monoisotopic (exact) mass is 295 g/mol. The topological polar surface area (TPSA) is 38.3 Å². The van der Waals surface area contributed by atoms with Crippen molar-refractivity contribution in [3.8, 4) is 5.75 Å². The summed E-state index contributed by atoms with van der Waals surface area (Å²) in [5, 5.41) is 3.07. The largest absolute Gasteiger partial charge is 0.496 e. The maximum atomic E-state index is 12.5. The van der Waals surface area contributed by atoms with Crippen LogP contribution in [-0.4, -0.2) is 19.1 Å². The first-order valence-corrected chi connectivity index (χ1v) is 7.33. The molecule has 22 heavy (non-hydrogen) atoms. The molecule has 0 unspecified atom stereocenters. The van der Waals surface area contributed by atoms with Crippen molar-refractivity contribution in [2.24, 2.45) is 0 Å². The fraction of sp³-hybridized carbons (Fsp3) is 0.211. The van der Waals surface area contributed by atoms with Crippen molar-refractivity contribution in [1.29, 1.82) is 0 Å². The zero-order chi connectivity index (χ0) is 15.8. The molecule has 0 aliphatic carbocycles. The van der Waals surface area contributed by atoms with E-state index in [0.717, 1.165) is 12.8 Å². The highest BCUT2D eigenvalue weighted by Crippen LogP contribution is 2.17. The van der Waals surface area contributed by atoms with Crippen LogP contribution < -0.4 is 10.1 Å². The summed E-state index contributed by atoms with van der Waals surface area (Å²) in [5.41, 5.74) is 1.74. The average Bonchev–Trinajstić information content (AvgIpc) is 2.56. The van der Waals surface area contributed by atoms with Gasteiger partial charge >= 0.3 is 0 Å². The first-order valence-electron chi connectivity index (χ1n) is 7.33. The first kappa shape index (κ1) is 15.8. The number of hydrogen-bond acceptors (Lipinski definition) is 2. The van der Waals surface area contributed by atoms with Gasteiger partial charge in [-0.05, 0) is 30.5 Å². The van der Waals surface area contributed by atoms with Crippen molar-refractivity contribution in [2.45, 2.75) is 18.9 Å². The highest BCUT2D eigenvalue weighted by molar-refractivity contribution is 5.97. The Bertz CT molecular complexity index is 622. The molecule has 1 atom stereocenters. The number of ether oxygens (including phenoxy) is 1. The van der Waals surface area contributed by atoms with Gasteiger partial charge in [0, 0.05) is 6.04 Å². The molecule has 0 aromatic heterocycles. The summed E-state index contributed by atoms with van der Waals surface area (Å²) in [6.45, 7) is 3.78. The molecule has 0 saturated carbocycles. The number of nitrogens with one attached hydrogen (secondary N) is 1. The molecule has 0 aliphatic rings. The van der Waals surface area contributed by atoms with Gasteiger partial charge in [-0.25, -0.2) is 0 Å². The van der Waals surface area contributed by atoms with E-state index in [-0.39, 0.29) is 11.9 Å². The van der Waals surface area contributed by atoms with E-state index in [4.69, 9.17) is 4.74 Å². The molecule has 1 amide bonds. The average molecular weight is 295 g/mol. The molecular weight excluding hydrogens is 274 g/mol. The highest BCUT2D eigenvalue weighted by atomic mass is 16.5. The minimum atomic E-state index is -0.125. The van der Waals surface area contributed by atoms with E-state index in [1.54, 1.807) is 19.2 Å². The van der Waals surface area contributed by atoms with Crippen molar-refractivity contribution in [3.63, 3.8) is 0 Å². The molecule has 0 spiro atoms.